The van der Waals surface area contributed by atoms with E-state index in [2.05, 4.69) is 45.2 Å². The van der Waals surface area contributed by atoms with E-state index in [4.69, 9.17) is 11.6 Å². The molecule has 0 aliphatic carbocycles. The van der Waals surface area contributed by atoms with Crippen molar-refractivity contribution in [2.75, 3.05) is 6.54 Å². The maximum atomic E-state index is 6.18. The average Bonchev–Trinajstić information content (AvgIpc) is 3.01. The van der Waals surface area contributed by atoms with Crippen LogP contribution in [0.4, 0.5) is 0 Å². The second kappa shape index (κ2) is 7.25. The van der Waals surface area contributed by atoms with Crippen LogP contribution in [0.25, 0.3) is 5.69 Å². The van der Waals surface area contributed by atoms with Gasteiger partial charge in [-0.25, -0.2) is 4.98 Å². The number of nitrogens with one attached hydrogen (secondary N) is 1. The van der Waals surface area contributed by atoms with Crippen LogP contribution in [-0.2, 0) is 13.0 Å². The summed E-state index contributed by atoms with van der Waals surface area (Å²) in [7, 11) is 0. The maximum absolute atomic E-state index is 6.18. The van der Waals surface area contributed by atoms with Gasteiger partial charge in [0, 0.05) is 24.6 Å². The molecule has 0 unspecified atom stereocenters. The summed E-state index contributed by atoms with van der Waals surface area (Å²) in [6, 6.07) is 18.5. The van der Waals surface area contributed by atoms with E-state index in [-0.39, 0.29) is 0 Å². The van der Waals surface area contributed by atoms with Crippen molar-refractivity contribution < 1.29 is 0 Å². The van der Waals surface area contributed by atoms with Crippen molar-refractivity contribution in [2.45, 2.75) is 13.0 Å². The van der Waals surface area contributed by atoms with Gasteiger partial charge in [-0.2, -0.15) is 0 Å². The summed E-state index contributed by atoms with van der Waals surface area (Å²) in [6.07, 6.45) is 4.74. The molecule has 4 heteroatoms. The van der Waals surface area contributed by atoms with E-state index < -0.39 is 0 Å². The van der Waals surface area contributed by atoms with Crippen LogP contribution in [0.5, 0.6) is 0 Å². The van der Waals surface area contributed by atoms with Crippen LogP contribution in [0, 0.1) is 0 Å². The molecule has 0 amide bonds. The second-order valence-corrected chi connectivity index (χ2v) is 5.45. The highest BCUT2D eigenvalue weighted by molar-refractivity contribution is 6.31. The van der Waals surface area contributed by atoms with Gasteiger partial charge >= 0.3 is 0 Å². The molecule has 0 aliphatic rings. The zero-order valence-electron chi connectivity index (χ0n) is 12.2. The number of hydrogen-bond acceptors (Lipinski definition) is 2. The first-order valence-corrected chi connectivity index (χ1v) is 7.74. The highest BCUT2D eigenvalue weighted by atomic mass is 35.5. The molecule has 2 heterocycles. The molecule has 0 spiro atoms. The number of halogens is 1. The van der Waals surface area contributed by atoms with Gasteiger partial charge in [-0.05, 0) is 42.8 Å². The van der Waals surface area contributed by atoms with Gasteiger partial charge in [-0.15, -0.1) is 0 Å². The van der Waals surface area contributed by atoms with Gasteiger partial charge in [-0.3, -0.25) is 0 Å². The van der Waals surface area contributed by atoms with Crippen LogP contribution < -0.4 is 5.32 Å². The molecule has 2 aromatic heterocycles. The Morgan fingerprint density at radius 3 is 2.68 bits per heavy atom. The van der Waals surface area contributed by atoms with Crippen LogP contribution in [-0.4, -0.2) is 16.1 Å². The molecule has 112 valence electrons. The van der Waals surface area contributed by atoms with Gasteiger partial charge in [0.25, 0.3) is 0 Å². The Hall–Kier alpha value is -2.10. The molecule has 1 N–H and O–H groups in total. The lowest BCUT2D eigenvalue weighted by Crippen LogP contribution is -2.18. The predicted octanol–water partition coefficient (Wildman–Crippen LogP) is 3.86. The van der Waals surface area contributed by atoms with Crippen molar-refractivity contribution in [1.29, 1.82) is 0 Å². The standard InChI is InChI=1S/C18H18ClN3/c19-18-17(9-4-11-21-18)22-13-5-8-16(22)14-20-12-10-15-6-2-1-3-7-15/h1-9,11,13,20H,10,12,14H2. The zero-order valence-corrected chi connectivity index (χ0v) is 13.0. The average molecular weight is 312 g/mol. The van der Waals surface area contributed by atoms with Crippen molar-refractivity contribution in [2.24, 2.45) is 0 Å². The lowest BCUT2D eigenvalue weighted by Gasteiger charge is -2.11. The molecule has 0 bridgehead atoms. The van der Waals surface area contributed by atoms with E-state index in [0.29, 0.717) is 5.15 Å². The van der Waals surface area contributed by atoms with Crippen LogP contribution >= 0.6 is 11.6 Å². The Morgan fingerprint density at radius 2 is 1.86 bits per heavy atom. The van der Waals surface area contributed by atoms with E-state index in [9.17, 15) is 0 Å². The Labute approximate surface area is 135 Å². The molecule has 0 aliphatic heterocycles. The third-order valence-corrected chi connectivity index (χ3v) is 3.86. The van der Waals surface area contributed by atoms with Gasteiger partial charge in [-0.1, -0.05) is 41.9 Å². The molecule has 0 saturated carbocycles. The fraction of sp³-hybridized carbons (Fsp3) is 0.167. The van der Waals surface area contributed by atoms with Crippen molar-refractivity contribution in [3.8, 4) is 5.69 Å². The molecule has 1 aromatic carbocycles. The van der Waals surface area contributed by atoms with E-state index in [1.807, 2.05) is 30.5 Å². The Kier molecular flexibility index (Phi) is 4.88. The highest BCUT2D eigenvalue weighted by Gasteiger charge is 2.06. The number of aromatic nitrogens is 2. The molecular weight excluding hydrogens is 294 g/mol. The summed E-state index contributed by atoms with van der Waals surface area (Å²) in [5, 5.41) is 4.00. The molecule has 3 nitrogen and oxygen atoms in total. The Bertz CT molecular complexity index is 722. The fourth-order valence-electron chi connectivity index (χ4n) is 2.45. The van der Waals surface area contributed by atoms with Crippen LogP contribution in [0.3, 0.4) is 0 Å². The number of nitrogens with zero attached hydrogens (tertiary/aromatic N) is 2. The van der Waals surface area contributed by atoms with Crippen molar-refractivity contribution >= 4 is 11.6 Å². The minimum Gasteiger partial charge on any atom is -0.317 e. The van der Waals surface area contributed by atoms with E-state index in [0.717, 1.165) is 25.2 Å². The number of benzene rings is 1. The number of pyridine rings is 1. The van der Waals surface area contributed by atoms with E-state index >= 15 is 0 Å². The molecule has 0 radical (unpaired) electrons. The fourth-order valence-corrected chi connectivity index (χ4v) is 2.66. The largest absolute Gasteiger partial charge is 0.317 e. The zero-order chi connectivity index (χ0) is 15.2. The number of hydrogen-bond donors (Lipinski definition) is 1. The van der Waals surface area contributed by atoms with Crippen LogP contribution in [0.2, 0.25) is 5.15 Å². The molecule has 0 saturated heterocycles. The number of rotatable bonds is 6. The first-order chi connectivity index (χ1) is 10.8. The quantitative estimate of drug-likeness (QED) is 0.553. The smallest absolute Gasteiger partial charge is 0.152 e. The second-order valence-electron chi connectivity index (χ2n) is 5.10. The first-order valence-electron chi connectivity index (χ1n) is 7.36. The summed E-state index contributed by atoms with van der Waals surface area (Å²) < 4.78 is 2.07. The third-order valence-electron chi connectivity index (χ3n) is 3.57. The van der Waals surface area contributed by atoms with Crippen molar-refractivity contribution in [3.05, 3.63) is 83.4 Å². The van der Waals surface area contributed by atoms with Crippen LogP contribution in [0.1, 0.15) is 11.3 Å². The topological polar surface area (TPSA) is 29.9 Å². The summed E-state index contributed by atoms with van der Waals surface area (Å²) in [4.78, 5) is 4.14. The highest BCUT2D eigenvalue weighted by Crippen LogP contribution is 2.19. The molecular formula is C18H18ClN3. The van der Waals surface area contributed by atoms with Crippen molar-refractivity contribution in [3.63, 3.8) is 0 Å². The van der Waals surface area contributed by atoms with Crippen LogP contribution in [0.15, 0.2) is 67.0 Å². The lowest BCUT2D eigenvalue weighted by molar-refractivity contribution is 0.665. The molecule has 3 rings (SSSR count). The Balaban J connectivity index is 1.60. The van der Waals surface area contributed by atoms with E-state index in [1.165, 1.54) is 11.3 Å². The predicted molar refractivity (Wildman–Crippen MR) is 90.4 cm³/mol. The molecule has 3 aromatic rings. The first kappa shape index (κ1) is 14.8. The van der Waals surface area contributed by atoms with Gasteiger partial charge in [0.1, 0.15) is 0 Å². The van der Waals surface area contributed by atoms with Gasteiger partial charge < -0.3 is 9.88 Å². The van der Waals surface area contributed by atoms with Gasteiger partial charge in [0.2, 0.25) is 0 Å². The monoisotopic (exact) mass is 311 g/mol. The molecule has 0 atom stereocenters. The summed E-state index contributed by atoms with van der Waals surface area (Å²) in [5.41, 5.74) is 3.43. The SMILES string of the molecule is Clc1ncccc1-n1cccc1CNCCc1ccccc1. The summed E-state index contributed by atoms with van der Waals surface area (Å²) >= 11 is 6.18. The lowest BCUT2D eigenvalue weighted by atomic mass is 10.1. The molecule has 0 fully saturated rings. The minimum absolute atomic E-state index is 0.518. The molecule has 22 heavy (non-hydrogen) atoms. The van der Waals surface area contributed by atoms with Gasteiger partial charge in [0.05, 0.1) is 5.69 Å². The maximum Gasteiger partial charge on any atom is 0.152 e. The minimum atomic E-state index is 0.518. The Morgan fingerprint density at radius 1 is 1.00 bits per heavy atom. The van der Waals surface area contributed by atoms with Gasteiger partial charge in [0.15, 0.2) is 5.15 Å². The summed E-state index contributed by atoms with van der Waals surface area (Å²) in [6.45, 7) is 1.74. The van der Waals surface area contributed by atoms with Crippen molar-refractivity contribution in [1.82, 2.24) is 14.9 Å². The summed E-state index contributed by atoms with van der Waals surface area (Å²) in [5.74, 6) is 0. The third kappa shape index (κ3) is 3.56. The normalized spacial score (nSPS) is 10.8. The van der Waals surface area contributed by atoms with E-state index in [1.54, 1.807) is 6.20 Å².